The molecule has 2 fully saturated rings. The Morgan fingerprint density at radius 2 is 0.887 bits per heavy atom. The monoisotopic (exact) mass is 1030 g/mol. The minimum Gasteiger partial charge on any atom is -0.469 e. The predicted molar refractivity (Wildman–Crippen MR) is 269 cm³/mol. The molecule has 6 aromatic rings. The summed E-state index contributed by atoms with van der Waals surface area (Å²) >= 11 is 3.55. The molecule has 2 heterocycles. The quantitative estimate of drug-likeness (QED) is 0.0567. The lowest BCUT2D eigenvalue weighted by Crippen LogP contribution is -2.64. The second-order valence-corrected chi connectivity index (χ2v) is 18.5. The van der Waals surface area contributed by atoms with Crippen LogP contribution >= 0.6 is 15.9 Å². The smallest absolute Gasteiger partial charge is 0.308 e. The Hall–Kier alpha value is -5.74. The van der Waals surface area contributed by atoms with Gasteiger partial charge < -0.3 is 47.4 Å². The molecule has 0 N–H and O–H groups in total. The number of rotatable bonds is 23. The number of methoxy groups -OCH3 is 1. The van der Waals surface area contributed by atoms with Gasteiger partial charge in [0.15, 0.2) is 0 Å². The molecule has 6 aromatic carbocycles. The molecule has 8 rings (SSSR count). The minimum atomic E-state index is -1.03. The highest BCUT2D eigenvalue weighted by Crippen LogP contribution is 2.41. The maximum Gasteiger partial charge on any atom is 0.308 e. The van der Waals surface area contributed by atoms with E-state index in [1.807, 2.05) is 176 Å². The molecular formula is C58H61BrO12. The van der Waals surface area contributed by atoms with Crippen molar-refractivity contribution in [1.82, 2.24) is 0 Å². The molecule has 0 aliphatic carbocycles. The summed E-state index contributed by atoms with van der Waals surface area (Å²) in [7, 11) is 1.36. The van der Waals surface area contributed by atoms with Crippen LogP contribution < -0.4 is 4.74 Å². The lowest BCUT2D eigenvalue weighted by molar-refractivity contribution is -0.302. The van der Waals surface area contributed by atoms with Crippen LogP contribution in [0.1, 0.15) is 47.6 Å². The highest BCUT2D eigenvalue weighted by molar-refractivity contribution is 9.10. The predicted octanol–water partition coefficient (Wildman–Crippen LogP) is 10.4. The highest BCUT2D eigenvalue weighted by Gasteiger charge is 2.54. The number of benzene rings is 6. The zero-order valence-electron chi connectivity index (χ0n) is 40.0. The van der Waals surface area contributed by atoms with Crippen molar-refractivity contribution in [1.29, 1.82) is 0 Å². The van der Waals surface area contributed by atoms with E-state index in [0.29, 0.717) is 5.75 Å². The summed E-state index contributed by atoms with van der Waals surface area (Å²) in [6.45, 7) is 2.27. The number of hydrogen-bond donors (Lipinski definition) is 0. The summed E-state index contributed by atoms with van der Waals surface area (Å²) in [5, 5.41) is 0. The van der Waals surface area contributed by atoms with Gasteiger partial charge >= 0.3 is 11.9 Å². The van der Waals surface area contributed by atoms with Crippen LogP contribution in [0.2, 0.25) is 0 Å². The third-order valence-corrected chi connectivity index (χ3v) is 13.1. The highest BCUT2D eigenvalue weighted by atomic mass is 79.9. The molecule has 71 heavy (non-hydrogen) atoms. The van der Waals surface area contributed by atoms with Crippen LogP contribution in [0.25, 0.3) is 0 Å². The molecule has 0 radical (unpaired) electrons. The van der Waals surface area contributed by atoms with E-state index in [-0.39, 0.29) is 52.5 Å². The van der Waals surface area contributed by atoms with E-state index < -0.39 is 73.0 Å². The second kappa shape index (κ2) is 26.6. The Morgan fingerprint density at radius 3 is 1.32 bits per heavy atom. The second-order valence-electron chi connectivity index (χ2n) is 17.6. The summed E-state index contributed by atoms with van der Waals surface area (Å²) in [5.74, 6) is -1.02. The van der Waals surface area contributed by atoms with Gasteiger partial charge in [-0.15, -0.1) is 0 Å². The largest absolute Gasteiger partial charge is 0.469 e. The topological polar surface area (TPSA) is 126 Å². The average Bonchev–Trinajstić information content (AvgIpc) is 3.40. The molecule has 12 nitrogen and oxygen atoms in total. The molecule has 0 bridgehead atoms. The zero-order valence-corrected chi connectivity index (χ0v) is 41.5. The Kier molecular flexibility index (Phi) is 19.4. The summed E-state index contributed by atoms with van der Waals surface area (Å²) in [5.41, 5.74) is 4.68. The van der Waals surface area contributed by atoms with Crippen molar-refractivity contribution < 1.29 is 57.0 Å². The van der Waals surface area contributed by atoms with Gasteiger partial charge in [0.1, 0.15) is 42.9 Å². The molecule has 0 saturated carbocycles. The molecule has 0 amide bonds. The molecule has 13 heteroatoms. The molecule has 0 aromatic heterocycles. The van der Waals surface area contributed by atoms with Gasteiger partial charge in [0.25, 0.3) is 0 Å². The van der Waals surface area contributed by atoms with Gasteiger partial charge in [-0.25, -0.2) is 0 Å². The maximum atomic E-state index is 13.5. The normalized spacial score (nSPS) is 24.2. The van der Waals surface area contributed by atoms with E-state index >= 15 is 0 Å². The first-order chi connectivity index (χ1) is 34.8. The lowest BCUT2D eigenvalue weighted by atomic mass is 9.80. The SMILES string of the molecule is COC(=O)C[C@H]1O[C@H](C[C@@H]2[C@H](OCc3ccccc3)[C@@H](Oc3ccc(Br)cc3)O[C@H](COC(C)=O)[C@H]2OCc2ccccc2)[C@@H](OCc2ccccc2)[C@H](OCc2ccccc2)[C@@H]1OCc1ccccc1. The first-order valence-electron chi connectivity index (χ1n) is 24.0. The van der Waals surface area contributed by atoms with Gasteiger partial charge in [0.2, 0.25) is 6.29 Å². The molecule has 0 unspecified atom stereocenters. The van der Waals surface area contributed by atoms with Gasteiger partial charge in [0.05, 0.1) is 64.9 Å². The van der Waals surface area contributed by atoms with Gasteiger partial charge in [-0.2, -0.15) is 0 Å². The van der Waals surface area contributed by atoms with Crippen molar-refractivity contribution in [2.75, 3.05) is 13.7 Å². The van der Waals surface area contributed by atoms with Crippen molar-refractivity contribution in [3.63, 3.8) is 0 Å². The number of carbonyl (C=O) groups is 2. The molecule has 2 aliphatic rings. The van der Waals surface area contributed by atoms with E-state index in [2.05, 4.69) is 15.9 Å². The molecular weight excluding hydrogens is 969 g/mol. The van der Waals surface area contributed by atoms with E-state index in [4.69, 9.17) is 47.4 Å². The van der Waals surface area contributed by atoms with Crippen molar-refractivity contribution in [2.24, 2.45) is 5.92 Å². The van der Waals surface area contributed by atoms with Gasteiger partial charge in [-0.3, -0.25) is 9.59 Å². The first-order valence-corrected chi connectivity index (χ1v) is 24.8. The van der Waals surface area contributed by atoms with Crippen molar-refractivity contribution >= 4 is 27.9 Å². The first kappa shape index (κ1) is 51.6. The summed E-state index contributed by atoms with van der Waals surface area (Å²) < 4.78 is 67.8. The summed E-state index contributed by atoms with van der Waals surface area (Å²) in [4.78, 5) is 26.1. The van der Waals surface area contributed by atoms with Crippen LogP contribution in [-0.4, -0.2) is 80.8 Å². The fraction of sp³-hybridized carbons (Fsp3) is 0.345. The van der Waals surface area contributed by atoms with Crippen LogP contribution in [0.3, 0.4) is 0 Å². The number of esters is 2. The van der Waals surface area contributed by atoms with Crippen LogP contribution in [0.15, 0.2) is 180 Å². The third-order valence-electron chi connectivity index (χ3n) is 12.6. The molecule has 2 saturated heterocycles. The summed E-state index contributed by atoms with van der Waals surface area (Å²) in [6.07, 6.45) is -7.40. The Balaban J connectivity index is 1.24. The Labute approximate surface area is 424 Å². The van der Waals surface area contributed by atoms with Crippen LogP contribution in [0.5, 0.6) is 5.75 Å². The fourth-order valence-corrected chi connectivity index (χ4v) is 9.32. The van der Waals surface area contributed by atoms with E-state index in [1.54, 1.807) is 0 Å². The van der Waals surface area contributed by atoms with Crippen LogP contribution in [0, 0.1) is 5.92 Å². The van der Waals surface area contributed by atoms with Crippen LogP contribution in [-0.2, 0) is 85.3 Å². The Morgan fingerprint density at radius 1 is 0.479 bits per heavy atom. The van der Waals surface area contributed by atoms with Crippen molar-refractivity contribution in [2.45, 2.75) is 108 Å². The number of ether oxygens (including phenoxy) is 10. The molecule has 10 atom stereocenters. The lowest BCUT2D eigenvalue weighted by Gasteiger charge is -2.50. The van der Waals surface area contributed by atoms with E-state index in [1.165, 1.54) is 14.0 Å². The van der Waals surface area contributed by atoms with Gasteiger partial charge in [-0.1, -0.05) is 168 Å². The number of carbonyl (C=O) groups excluding carboxylic acids is 2. The molecule has 372 valence electrons. The molecule has 0 spiro atoms. The van der Waals surface area contributed by atoms with E-state index in [9.17, 15) is 9.59 Å². The minimum absolute atomic E-state index is 0.136. The zero-order chi connectivity index (χ0) is 49.2. The van der Waals surface area contributed by atoms with Crippen molar-refractivity contribution in [3.8, 4) is 5.75 Å². The number of hydrogen-bond acceptors (Lipinski definition) is 12. The van der Waals surface area contributed by atoms with Crippen LogP contribution in [0.4, 0.5) is 0 Å². The average molecular weight is 1030 g/mol. The maximum absolute atomic E-state index is 13.5. The fourth-order valence-electron chi connectivity index (χ4n) is 9.06. The third kappa shape index (κ3) is 15.1. The number of halogens is 1. The summed E-state index contributed by atoms with van der Waals surface area (Å²) in [6, 6.07) is 56.8. The Bertz CT molecular complexity index is 2490. The van der Waals surface area contributed by atoms with Crippen molar-refractivity contribution in [3.05, 3.63) is 208 Å². The standard InChI is InChI=1S/C58H61BrO12/c1-40(60)63-39-51-53(64-34-41-18-8-3-9-19-41)48(54(65-35-42-20-10-4-11-21-42)58(71-51)69-47-30-28-46(59)29-31-47)32-49-55(66-36-43-22-12-5-13-23-43)57(68-38-45-26-16-7-17-27-45)56(50(70-49)33-52(61)62-2)67-37-44-24-14-6-15-25-44/h3-31,48-51,53-58H,32-39H2,1-2H3/t48-,49+,50+,51+,53-,54-,55+,56+,57-,58-/m0/s1. The van der Waals surface area contributed by atoms with E-state index in [0.717, 1.165) is 32.3 Å². The van der Waals surface area contributed by atoms with Gasteiger partial charge in [-0.05, 0) is 58.5 Å². The van der Waals surface area contributed by atoms with Gasteiger partial charge in [0, 0.05) is 17.3 Å². The molecule has 2 aliphatic heterocycles.